The molecule has 0 unspecified atom stereocenters. The average molecular weight is 296 g/mol. The summed E-state index contributed by atoms with van der Waals surface area (Å²) >= 11 is 0. The molecule has 0 aliphatic heterocycles. The Hall–Kier alpha value is -3.15. The zero-order valence-electron chi connectivity index (χ0n) is 11.7. The van der Waals surface area contributed by atoms with E-state index in [0.29, 0.717) is 34.4 Å². The molecule has 6 nitrogen and oxygen atoms in total. The number of nitrogens with one attached hydrogen (secondary N) is 1. The fraction of sp³-hybridized carbons (Fsp3) is 0.0625. The van der Waals surface area contributed by atoms with E-state index >= 15 is 0 Å². The Morgan fingerprint density at radius 1 is 1.27 bits per heavy atom. The molecule has 0 bridgehead atoms. The maximum absolute atomic E-state index is 12.4. The molecule has 0 saturated carbocycles. The van der Waals surface area contributed by atoms with E-state index in [9.17, 15) is 9.59 Å². The Morgan fingerprint density at radius 3 is 2.86 bits per heavy atom. The number of carbonyl (C=O) groups is 2. The molecular weight excluding hydrogens is 284 g/mol. The van der Waals surface area contributed by atoms with Crippen molar-refractivity contribution in [3.05, 3.63) is 53.9 Å². The highest BCUT2D eigenvalue weighted by Gasteiger charge is 2.19. The number of amides is 1. The van der Waals surface area contributed by atoms with Crippen LogP contribution in [0.1, 0.15) is 20.9 Å². The summed E-state index contributed by atoms with van der Waals surface area (Å²) in [5, 5.41) is 3.25. The van der Waals surface area contributed by atoms with Gasteiger partial charge in [-0.15, -0.1) is 0 Å². The Kier molecular flexibility index (Phi) is 3.57. The Balaban J connectivity index is 2.02. The van der Waals surface area contributed by atoms with Crippen molar-refractivity contribution in [2.45, 2.75) is 0 Å². The molecule has 0 spiro atoms. The lowest BCUT2D eigenvalue weighted by Crippen LogP contribution is -2.13. The third-order valence-electron chi connectivity index (χ3n) is 3.19. The summed E-state index contributed by atoms with van der Waals surface area (Å²) in [6.45, 7) is 0. The van der Waals surface area contributed by atoms with E-state index in [4.69, 9.17) is 9.15 Å². The number of benzene rings is 1. The van der Waals surface area contributed by atoms with Gasteiger partial charge in [0.2, 0.25) is 5.71 Å². The number of pyridine rings is 1. The van der Waals surface area contributed by atoms with Crippen molar-refractivity contribution in [1.82, 2.24) is 4.98 Å². The monoisotopic (exact) mass is 296 g/mol. The average Bonchev–Trinajstić information content (AvgIpc) is 2.92. The first-order chi connectivity index (χ1) is 10.7. The third-order valence-corrected chi connectivity index (χ3v) is 3.19. The van der Waals surface area contributed by atoms with Crippen molar-refractivity contribution in [3.63, 3.8) is 0 Å². The summed E-state index contributed by atoms with van der Waals surface area (Å²) in [5.41, 5.74) is 0.953. The van der Waals surface area contributed by atoms with Crippen LogP contribution in [0, 0.1) is 0 Å². The van der Waals surface area contributed by atoms with Crippen LogP contribution in [0.5, 0.6) is 5.75 Å². The summed E-state index contributed by atoms with van der Waals surface area (Å²) in [5.74, 6) is 0.0719. The van der Waals surface area contributed by atoms with Gasteiger partial charge in [0, 0.05) is 6.20 Å². The number of ether oxygens (including phenoxy) is 1. The van der Waals surface area contributed by atoms with Gasteiger partial charge >= 0.3 is 0 Å². The van der Waals surface area contributed by atoms with Crippen LogP contribution < -0.4 is 10.1 Å². The topological polar surface area (TPSA) is 81.4 Å². The van der Waals surface area contributed by atoms with Crippen molar-refractivity contribution < 1.29 is 18.7 Å². The van der Waals surface area contributed by atoms with Gasteiger partial charge in [0.15, 0.2) is 12.0 Å². The molecule has 22 heavy (non-hydrogen) atoms. The van der Waals surface area contributed by atoms with E-state index in [0.717, 1.165) is 0 Å². The van der Waals surface area contributed by atoms with Crippen molar-refractivity contribution >= 4 is 29.0 Å². The van der Waals surface area contributed by atoms with Crippen LogP contribution in [0.4, 0.5) is 5.69 Å². The van der Waals surface area contributed by atoms with Crippen molar-refractivity contribution in [2.24, 2.45) is 0 Å². The normalized spacial score (nSPS) is 10.4. The second kappa shape index (κ2) is 5.69. The minimum absolute atomic E-state index is 0.0250. The Bertz CT molecular complexity index is 854. The second-order valence-corrected chi connectivity index (χ2v) is 4.47. The highest BCUT2D eigenvalue weighted by molar-refractivity contribution is 6.12. The van der Waals surface area contributed by atoms with Gasteiger partial charge in [-0.1, -0.05) is 12.1 Å². The van der Waals surface area contributed by atoms with E-state index in [2.05, 4.69) is 10.3 Å². The Morgan fingerprint density at radius 2 is 2.09 bits per heavy atom. The number of carbonyl (C=O) groups excluding carboxylic acids is 2. The molecule has 0 saturated heterocycles. The number of methoxy groups -OCH3 is 1. The van der Waals surface area contributed by atoms with Crippen LogP contribution in [0.25, 0.3) is 11.1 Å². The molecule has 110 valence electrons. The van der Waals surface area contributed by atoms with E-state index < -0.39 is 5.91 Å². The number of fused-ring (bicyclic) bond motifs is 1. The van der Waals surface area contributed by atoms with Gasteiger partial charge in [0.25, 0.3) is 5.91 Å². The number of anilines is 1. The molecule has 0 atom stereocenters. The van der Waals surface area contributed by atoms with Crippen LogP contribution in [-0.4, -0.2) is 24.3 Å². The van der Waals surface area contributed by atoms with Crippen molar-refractivity contribution in [1.29, 1.82) is 0 Å². The van der Waals surface area contributed by atoms with Crippen molar-refractivity contribution in [2.75, 3.05) is 12.4 Å². The predicted octanol–water partition coefficient (Wildman–Crippen LogP) is 2.90. The predicted molar refractivity (Wildman–Crippen MR) is 80.3 cm³/mol. The number of aldehydes is 1. The summed E-state index contributed by atoms with van der Waals surface area (Å²) in [7, 11) is 1.49. The van der Waals surface area contributed by atoms with Crippen LogP contribution in [0.2, 0.25) is 0 Å². The number of hydrogen-bond donors (Lipinski definition) is 1. The van der Waals surface area contributed by atoms with E-state index in [1.807, 2.05) is 0 Å². The quantitative estimate of drug-likeness (QED) is 0.749. The molecule has 6 heteroatoms. The van der Waals surface area contributed by atoms with Gasteiger partial charge < -0.3 is 14.5 Å². The molecule has 1 N–H and O–H groups in total. The molecule has 2 heterocycles. The standard InChI is InChI=1S/C16H12N2O4/c1-21-12-7-3-2-5-10(12)15(20)18-14-11-6-4-8-17-16(11)22-13(14)9-19/h2-9H,1H3,(H,18,20). The number of rotatable bonds is 4. The third kappa shape index (κ3) is 2.31. The molecule has 1 aromatic carbocycles. The van der Waals surface area contributed by atoms with Crippen LogP contribution in [0.15, 0.2) is 47.0 Å². The number of furan rings is 1. The lowest BCUT2D eigenvalue weighted by molar-refractivity contribution is 0.102. The molecule has 3 rings (SSSR count). The maximum atomic E-state index is 12.4. The smallest absolute Gasteiger partial charge is 0.259 e. The van der Waals surface area contributed by atoms with Gasteiger partial charge in [-0.2, -0.15) is 0 Å². The lowest BCUT2D eigenvalue weighted by Gasteiger charge is -2.08. The SMILES string of the molecule is COc1ccccc1C(=O)Nc1c(C=O)oc2ncccc12. The molecule has 2 aromatic heterocycles. The maximum Gasteiger partial charge on any atom is 0.259 e. The molecule has 0 radical (unpaired) electrons. The summed E-state index contributed by atoms with van der Waals surface area (Å²) < 4.78 is 10.5. The van der Waals surface area contributed by atoms with E-state index in [-0.39, 0.29) is 5.76 Å². The van der Waals surface area contributed by atoms with Crippen LogP contribution >= 0.6 is 0 Å². The molecular formula is C16H12N2O4. The van der Waals surface area contributed by atoms with Crippen molar-refractivity contribution in [3.8, 4) is 5.75 Å². The van der Waals surface area contributed by atoms with E-state index in [1.165, 1.54) is 7.11 Å². The fourth-order valence-corrected chi connectivity index (χ4v) is 2.18. The molecule has 0 fully saturated rings. The first kappa shape index (κ1) is 13.8. The first-order valence-corrected chi connectivity index (χ1v) is 6.51. The van der Waals surface area contributed by atoms with Gasteiger partial charge in [-0.05, 0) is 24.3 Å². The number of para-hydroxylation sites is 1. The van der Waals surface area contributed by atoms with Gasteiger partial charge in [-0.3, -0.25) is 9.59 Å². The minimum Gasteiger partial charge on any atom is -0.496 e. The van der Waals surface area contributed by atoms with Crippen LogP contribution in [-0.2, 0) is 0 Å². The molecule has 1 amide bonds. The van der Waals surface area contributed by atoms with Gasteiger partial charge in [0.05, 0.1) is 18.1 Å². The zero-order valence-corrected chi connectivity index (χ0v) is 11.7. The fourth-order valence-electron chi connectivity index (χ4n) is 2.18. The number of aromatic nitrogens is 1. The summed E-state index contributed by atoms with van der Waals surface area (Å²) in [4.78, 5) is 27.6. The van der Waals surface area contributed by atoms with E-state index in [1.54, 1.807) is 42.6 Å². The number of nitrogens with zero attached hydrogens (tertiary/aromatic N) is 1. The molecule has 0 aliphatic rings. The Labute approximate surface area is 125 Å². The van der Waals surface area contributed by atoms with Crippen LogP contribution in [0.3, 0.4) is 0 Å². The minimum atomic E-state index is -0.396. The highest BCUT2D eigenvalue weighted by atomic mass is 16.5. The zero-order chi connectivity index (χ0) is 15.5. The molecule has 0 aliphatic carbocycles. The number of hydrogen-bond acceptors (Lipinski definition) is 5. The lowest BCUT2D eigenvalue weighted by atomic mass is 10.1. The highest BCUT2D eigenvalue weighted by Crippen LogP contribution is 2.29. The second-order valence-electron chi connectivity index (χ2n) is 4.47. The first-order valence-electron chi connectivity index (χ1n) is 6.51. The summed E-state index contributed by atoms with van der Waals surface area (Å²) in [6.07, 6.45) is 2.09. The molecule has 3 aromatic rings. The van der Waals surface area contributed by atoms with Gasteiger partial charge in [-0.25, -0.2) is 4.98 Å². The summed E-state index contributed by atoms with van der Waals surface area (Å²) in [6, 6.07) is 10.2. The largest absolute Gasteiger partial charge is 0.496 e. The van der Waals surface area contributed by atoms with Gasteiger partial charge in [0.1, 0.15) is 11.4 Å².